The third-order valence-corrected chi connectivity index (χ3v) is 4.50. The number of halogens is 1. The van der Waals surface area contributed by atoms with Crippen molar-refractivity contribution in [1.82, 2.24) is 4.90 Å². The summed E-state index contributed by atoms with van der Waals surface area (Å²) in [5, 5.41) is 0. The Kier molecular flexibility index (Phi) is 4.08. The van der Waals surface area contributed by atoms with Crippen LogP contribution in [0.15, 0.2) is 53.0 Å². The average molecular weight is 345 g/mol. The van der Waals surface area contributed by atoms with Crippen molar-refractivity contribution in [2.45, 2.75) is 25.6 Å². The van der Waals surface area contributed by atoms with E-state index in [1.165, 1.54) is 16.7 Å². The number of hydrogen-bond donors (Lipinski definition) is 1. The highest BCUT2D eigenvalue weighted by Gasteiger charge is 2.29. The van der Waals surface area contributed by atoms with E-state index in [1.54, 1.807) is 0 Å². The second-order valence-electron chi connectivity index (χ2n) is 5.42. The van der Waals surface area contributed by atoms with Gasteiger partial charge in [0.1, 0.15) is 0 Å². The van der Waals surface area contributed by atoms with Crippen molar-refractivity contribution in [1.29, 1.82) is 0 Å². The summed E-state index contributed by atoms with van der Waals surface area (Å²) in [6.07, 6.45) is 0.696. The summed E-state index contributed by atoms with van der Waals surface area (Å²) in [4.78, 5) is 14.0. The monoisotopic (exact) mass is 344 g/mol. The molecule has 21 heavy (non-hydrogen) atoms. The molecule has 1 heterocycles. The molecule has 2 aromatic rings. The quantitative estimate of drug-likeness (QED) is 0.930. The maximum Gasteiger partial charge on any atom is 0.235 e. The molecule has 3 rings (SSSR count). The maximum absolute atomic E-state index is 11.8. The lowest BCUT2D eigenvalue weighted by atomic mass is 9.93. The lowest BCUT2D eigenvalue weighted by molar-refractivity contribution is -0.124. The Morgan fingerprint density at radius 2 is 1.81 bits per heavy atom. The van der Waals surface area contributed by atoms with Crippen LogP contribution in [-0.4, -0.2) is 16.8 Å². The Morgan fingerprint density at radius 1 is 1.14 bits per heavy atom. The smallest absolute Gasteiger partial charge is 0.235 e. The topological polar surface area (TPSA) is 46.3 Å². The van der Waals surface area contributed by atoms with Crippen molar-refractivity contribution in [2.75, 3.05) is 0 Å². The Balaban J connectivity index is 1.85. The third kappa shape index (κ3) is 3.17. The SMILES string of the molecule is NC(=O)C1Cc2ccccc2CN1Cc1ccc(Br)cc1. The molecule has 0 aliphatic carbocycles. The van der Waals surface area contributed by atoms with Crippen molar-refractivity contribution < 1.29 is 4.79 Å². The minimum Gasteiger partial charge on any atom is -0.368 e. The molecule has 1 aliphatic rings. The van der Waals surface area contributed by atoms with Crippen LogP contribution in [0.2, 0.25) is 0 Å². The van der Waals surface area contributed by atoms with Crippen LogP contribution in [-0.2, 0) is 24.3 Å². The molecule has 0 saturated carbocycles. The molecule has 1 atom stereocenters. The number of primary amides is 1. The zero-order chi connectivity index (χ0) is 14.8. The van der Waals surface area contributed by atoms with Gasteiger partial charge in [0, 0.05) is 17.6 Å². The fourth-order valence-electron chi connectivity index (χ4n) is 2.85. The van der Waals surface area contributed by atoms with Gasteiger partial charge in [0.2, 0.25) is 5.91 Å². The first-order valence-corrected chi connectivity index (χ1v) is 7.77. The summed E-state index contributed by atoms with van der Waals surface area (Å²) in [6, 6.07) is 16.2. The zero-order valence-electron chi connectivity index (χ0n) is 11.6. The molecule has 2 N–H and O–H groups in total. The van der Waals surface area contributed by atoms with Crippen molar-refractivity contribution in [3.05, 3.63) is 69.7 Å². The van der Waals surface area contributed by atoms with Crippen molar-refractivity contribution in [3.8, 4) is 0 Å². The van der Waals surface area contributed by atoms with Crippen LogP contribution in [0.1, 0.15) is 16.7 Å². The molecule has 0 spiro atoms. The highest BCUT2D eigenvalue weighted by molar-refractivity contribution is 9.10. The van der Waals surface area contributed by atoms with Gasteiger partial charge in [-0.25, -0.2) is 0 Å². The predicted molar refractivity (Wildman–Crippen MR) is 86.5 cm³/mol. The van der Waals surface area contributed by atoms with Crippen LogP contribution in [0.5, 0.6) is 0 Å². The number of nitrogens with zero attached hydrogens (tertiary/aromatic N) is 1. The summed E-state index contributed by atoms with van der Waals surface area (Å²) >= 11 is 3.44. The van der Waals surface area contributed by atoms with Gasteiger partial charge >= 0.3 is 0 Å². The van der Waals surface area contributed by atoms with E-state index in [0.717, 1.165) is 17.6 Å². The second-order valence-corrected chi connectivity index (χ2v) is 6.34. The van der Waals surface area contributed by atoms with Gasteiger partial charge in [-0.15, -0.1) is 0 Å². The van der Waals surface area contributed by atoms with Crippen LogP contribution < -0.4 is 5.73 Å². The van der Waals surface area contributed by atoms with Crippen molar-refractivity contribution in [2.24, 2.45) is 5.73 Å². The molecule has 0 saturated heterocycles. The maximum atomic E-state index is 11.8. The third-order valence-electron chi connectivity index (χ3n) is 3.97. The van der Waals surface area contributed by atoms with E-state index in [2.05, 4.69) is 45.1 Å². The highest BCUT2D eigenvalue weighted by atomic mass is 79.9. The van der Waals surface area contributed by atoms with E-state index in [-0.39, 0.29) is 11.9 Å². The van der Waals surface area contributed by atoms with Gasteiger partial charge in [-0.05, 0) is 35.2 Å². The fraction of sp³-hybridized carbons (Fsp3) is 0.235. The van der Waals surface area contributed by atoms with Crippen LogP contribution in [0.3, 0.4) is 0 Å². The average Bonchev–Trinajstić information content (AvgIpc) is 2.48. The van der Waals surface area contributed by atoms with Gasteiger partial charge in [0.15, 0.2) is 0 Å². The standard InChI is InChI=1S/C17H17BrN2O/c18-15-7-5-12(6-8-15)10-20-11-14-4-2-1-3-13(14)9-16(20)17(19)21/h1-8,16H,9-11H2,(H2,19,21). The summed E-state index contributed by atoms with van der Waals surface area (Å²) in [7, 11) is 0. The lowest BCUT2D eigenvalue weighted by Gasteiger charge is -2.35. The minimum atomic E-state index is -0.249. The van der Waals surface area contributed by atoms with Crippen LogP contribution in [0.4, 0.5) is 0 Å². The first kappa shape index (κ1) is 14.3. The van der Waals surface area contributed by atoms with Crippen molar-refractivity contribution in [3.63, 3.8) is 0 Å². The number of carbonyl (C=O) groups excluding carboxylic acids is 1. The summed E-state index contributed by atoms with van der Waals surface area (Å²) in [5.41, 5.74) is 9.30. The van der Waals surface area contributed by atoms with Crippen LogP contribution >= 0.6 is 15.9 Å². The lowest BCUT2D eigenvalue weighted by Crippen LogP contribution is -2.48. The van der Waals surface area contributed by atoms with Gasteiger partial charge in [-0.1, -0.05) is 52.3 Å². The molecule has 0 aromatic heterocycles. The van der Waals surface area contributed by atoms with Crippen molar-refractivity contribution >= 4 is 21.8 Å². The first-order chi connectivity index (χ1) is 10.1. The van der Waals surface area contributed by atoms with E-state index in [0.29, 0.717) is 6.42 Å². The van der Waals surface area contributed by atoms with Gasteiger partial charge in [0.05, 0.1) is 6.04 Å². The molecule has 3 nitrogen and oxygen atoms in total. The Hall–Kier alpha value is -1.65. The number of nitrogens with two attached hydrogens (primary N) is 1. The van der Waals surface area contributed by atoms with Gasteiger partial charge in [0.25, 0.3) is 0 Å². The Labute approximate surface area is 132 Å². The molecule has 0 bridgehead atoms. The van der Waals surface area contributed by atoms with E-state index in [9.17, 15) is 4.79 Å². The number of rotatable bonds is 3. The largest absolute Gasteiger partial charge is 0.368 e. The molecule has 1 unspecified atom stereocenters. The number of hydrogen-bond acceptors (Lipinski definition) is 2. The van der Waals surface area contributed by atoms with E-state index in [4.69, 9.17) is 5.73 Å². The molecule has 0 radical (unpaired) electrons. The van der Waals surface area contributed by atoms with Gasteiger partial charge in [-0.3, -0.25) is 9.69 Å². The minimum absolute atomic E-state index is 0.233. The first-order valence-electron chi connectivity index (χ1n) is 6.98. The second kappa shape index (κ2) is 6.00. The number of benzene rings is 2. The predicted octanol–water partition coefficient (Wildman–Crippen LogP) is 2.86. The van der Waals surface area contributed by atoms with Crippen LogP contribution in [0, 0.1) is 0 Å². The number of amides is 1. The molecular weight excluding hydrogens is 328 g/mol. The number of carbonyl (C=O) groups is 1. The number of fused-ring (bicyclic) bond motifs is 1. The summed E-state index contributed by atoms with van der Waals surface area (Å²) in [5.74, 6) is -0.249. The van der Waals surface area contributed by atoms with Gasteiger partial charge < -0.3 is 5.73 Å². The van der Waals surface area contributed by atoms with Crippen LogP contribution in [0.25, 0.3) is 0 Å². The molecule has 108 valence electrons. The molecule has 4 heteroatoms. The van der Waals surface area contributed by atoms with E-state index < -0.39 is 0 Å². The molecule has 1 amide bonds. The molecule has 2 aromatic carbocycles. The molecular formula is C17H17BrN2O. The van der Waals surface area contributed by atoms with Gasteiger partial charge in [-0.2, -0.15) is 0 Å². The fourth-order valence-corrected chi connectivity index (χ4v) is 3.11. The Bertz CT molecular complexity index is 654. The summed E-state index contributed by atoms with van der Waals surface area (Å²) in [6.45, 7) is 1.50. The molecule has 0 fully saturated rings. The molecule has 1 aliphatic heterocycles. The normalized spacial score (nSPS) is 18.2. The zero-order valence-corrected chi connectivity index (χ0v) is 13.2. The Morgan fingerprint density at radius 3 is 2.48 bits per heavy atom. The summed E-state index contributed by atoms with van der Waals surface area (Å²) < 4.78 is 1.06. The van der Waals surface area contributed by atoms with E-state index >= 15 is 0 Å². The van der Waals surface area contributed by atoms with E-state index in [1.807, 2.05) is 24.3 Å². The highest BCUT2D eigenvalue weighted by Crippen LogP contribution is 2.25.